The lowest BCUT2D eigenvalue weighted by atomic mass is 9.98. The molecule has 0 aliphatic carbocycles. The average molecular weight is 955 g/mol. The number of furan rings is 1. The van der Waals surface area contributed by atoms with E-state index in [0.717, 1.165) is 55.6 Å². The molecular weight excluding hydrogens is 909 g/mol. The van der Waals surface area contributed by atoms with Gasteiger partial charge in [0.25, 0.3) is 0 Å². The van der Waals surface area contributed by atoms with E-state index in [-0.39, 0.29) is 0 Å². The van der Waals surface area contributed by atoms with Crippen LogP contribution in [-0.4, -0.2) is 9.13 Å². The van der Waals surface area contributed by atoms with Crippen molar-refractivity contribution >= 4 is 65.6 Å². The first-order valence-corrected chi connectivity index (χ1v) is 25.7. The van der Waals surface area contributed by atoms with Gasteiger partial charge in [0, 0.05) is 43.7 Å². The van der Waals surface area contributed by atoms with E-state index in [1.165, 1.54) is 88.1 Å². The molecule has 0 fully saturated rings. The van der Waals surface area contributed by atoms with Crippen LogP contribution < -0.4 is 0 Å². The van der Waals surface area contributed by atoms with Gasteiger partial charge in [0.1, 0.15) is 11.2 Å². The van der Waals surface area contributed by atoms with Crippen LogP contribution in [0.25, 0.3) is 144 Å². The summed E-state index contributed by atoms with van der Waals surface area (Å²) in [4.78, 5) is 0. The van der Waals surface area contributed by atoms with Crippen LogP contribution >= 0.6 is 0 Å². The number of benzene rings is 12. The van der Waals surface area contributed by atoms with Crippen molar-refractivity contribution in [1.29, 1.82) is 0 Å². The summed E-state index contributed by atoms with van der Waals surface area (Å²) in [6, 6.07) is 101. The summed E-state index contributed by atoms with van der Waals surface area (Å²) in [5.41, 5.74) is 23.0. The van der Waals surface area contributed by atoms with Crippen molar-refractivity contribution in [3.8, 4) is 78.1 Å². The predicted molar refractivity (Wildman–Crippen MR) is 315 cm³/mol. The molecule has 0 radical (unpaired) electrons. The Bertz CT molecular complexity index is 4410. The zero-order valence-electron chi connectivity index (χ0n) is 40.9. The average Bonchev–Trinajstić information content (AvgIpc) is 4.15. The lowest BCUT2D eigenvalue weighted by Crippen LogP contribution is -1.94. The Labute approximate surface area is 434 Å². The highest BCUT2D eigenvalue weighted by Gasteiger charge is 2.18. The van der Waals surface area contributed by atoms with Crippen LogP contribution in [0.15, 0.2) is 283 Å². The van der Waals surface area contributed by atoms with Gasteiger partial charge in [-0.3, -0.25) is 0 Å². The van der Waals surface area contributed by atoms with Gasteiger partial charge in [-0.25, -0.2) is 0 Å². The van der Waals surface area contributed by atoms with Crippen LogP contribution in [0.3, 0.4) is 0 Å². The minimum atomic E-state index is 0.880. The van der Waals surface area contributed by atoms with Crippen LogP contribution in [0.4, 0.5) is 0 Å². The number of nitrogens with zero attached hydrogens (tertiary/aromatic N) is 2. The van der Waals surface area contributed by atoms with E-state index >= 15 is 0 Å². The Hall–Kier alpha value is -9.96. The Balaban J connectivity index is 0.783. The summed E-state index contributed by atoms with van der Waals surface area (Å²) in [6.45, 7) is 0. The molecule has 0 N–H and O–H groups in total. The van der Waals surface area contributed by atoms with E-state index in [2.05, 4.69) is 288 Å². The largest absolute Gasteiger partial charge is 0.456 e. The fourth-order valence-electron chi connectivity index (χ4n) is 11.7. The van der Waals surface area contributed by atoms with E-state index in [1.807, 2.05) is 0 Å². The van der Waals surface area contributed by atoms with Crippen molar-refractivity contribution in [1.82, 2.24) is 9.13 Å². The van der Waals surface area contributed by atoms with Gasteiger partial charge in [-0.05, 0) is 164 Å². The van der Waals surface area contributed by atoms with Gasteiger partial charge in [0.15, 0.2) is 0 Å². The molecule has 0 spiro atoms. The third-order valence-electron chi connectivity index (χ3n) is 15.3. The smallest absolute Gasteiger partial charge is 0.135 e. The van der Waals surface area contributed by atoms with Gasteiger partial charge in [-0.1, -0.05) is 182 Å². The third-order valence-corrected chi connectivity index (χ3v) is 15.3. The number of para-hydroxylation sites is 2. The minimum Gasteiger partial charge on any atom is -0.456 e. The van der Waals surface area contributed by atoms with Gasteiger partial charge >= 0.3 is 0 Å². The summed E-state index contributed by atoms with van der Waals surface area (Å²) < 4.78 is 11.3. The third kappa shape index (κ3) is 7.28. The number of fused-ring (bicyclic) bond motifs is 9. The molecule has 0 aliphatic rings. The quantitative estimate of drug-likeness (QED) is 0.149. The Morgan fingerprint density at radius 1 is 0.187 bits per heavy atom. The Morgan fingerprint density at radius 2 is 0.493 bits per heavy atom. The fraction of sp³-hybridized carbons (Fsp3) is 0. The van der Waals surface area contributed by atoms with Crippen LogP contribution in [0.1, 0.15) is 0 Å². The van der Waals surface area contributed by atoms with Crippen molar-refractivity contribution in [2.75, 3.05) is 0 Å². The first-order valence-electron chi connectivity index (χ1n) is 25.7. The predicted octanol–water partition coefficient (Wildman–Crippen LogP) is 19.8. The molecule has 0 bridgehead atoms. The maximum atomic E-state index is 6.53. The van der Waals surface area contributed by atoms with Crippen molar-refractivity contribution in [3.63, 3.8) is 0 Å². The normalized spacial score (nSPS) is 11.7. The topological polar surface area (TPSA) is 23.0 Å². The zero-order valence-corrected chi connectivity index (χ0v) is 40.9. The van der Waals surface area contributed by atoms with Crippen molar-refractivity contribution < 1.29 is 4.42 Å². The summed E-state index contributed by atoms with van der Waals surface area (Å²) in [6.07, 6.45) is 0. The lowest BCUT2D eigenvalue weighted by molar-refractivity contribution is 0.669. The number of hydrogen-bond donors (Lipinski definition) is 0. The van der Waals surface area contributed by atoms with Gasteiger partial charge in [-0.15, -0.1) is 0 Å². The van der Waals surface area contributed by atoms with Crippen LogP contribution in [0.2, 0.25) is 0 Å². The maximum absolute atomic E-state index is 6.53. The standard InChI is InChI=1S/C72H46N2O/c1-3-15-47(16-4-1)49-19-11-21-51(39-49)53-23-13-25-59(41-53)73-67-29-9-7-27-61(67)63-43-55(31-35-69(63)73)57-33-37-71-65(45-57)66-46-58(34-38-72(66)75-71)56-32-36-70-64(44-56)62-28-8-10-30-68(62)74(70)60-26-14-24-54(42-60)52-22-12-20-50(40-52)48-17-5-2-6-18-48/h1-46H. The van der Waals surface area contributed by atoms with Crippen molar-refractivity contribution in [2.45, 2.75) is 0 Å². The molecule has 350 valence electrons. The second-order valence-electron chi connectivity index (χ2n) is 19.7. The highest BCUT2D eigenvalue weighted by Crippen LogP contribution is 2.41. The summed E-state index contributed by atoms with van der Waals surface area (Å²) in [5, 5.41) is 7.10. The van der Waals surface area contributed by atoms with Gasteiger partial charge in [0.2, 0.25) is 0 Å². The summed E-state index contributed by atoms with van der Waals surface area (Å²) >= 11 is 0. The summed E-state index contributed by atoms with van der Waals surface area (Å²) in [7, 11) is 0. The lowest BCUT2D eigenvalue weighted by Gasteiger charge is -2.12. The second kappa shape index (κ2) is 17.4. The molecule has 15 rings (SSSR count). The number of rotatable bonds is 8. The van der Waals surface area contributed by atoms with Gasteiger partial charge in [0.05, 0.1) is 22.1 Å². The highest BCUT2D eigenvalue weighted by molar-refractivity contribution is 6.13. The minimum absolute atomic E-state index is 0.880. The Morgan fingerprint density at radius 3 is 0.933 bits per heavy atom. The van der Waals surface area contributed by atoms with E-state index < -0.39 is 0 Å². The zero-order chi connectivity index (χ0) is 49.4. The van der Waals surface area contributed by atoms with Crippen molar-refractivity contribution in [2.24, 2.45) is 0 Å². The molecule has 0 atom stereocenters. The number of aromatic nitrogens is 2. The second-order valence-corrected chi connectivity index (χ2v) is 19.7. The van der Waals surface area contributed by atoms with E-state index in [9.17, 15) is 0 Å². The SMILES string of the molecule is c1ccc(-c2cccc(-c3cccc(-n4c5ccccc5c5cc(-c6ccc7oc8ccc(-c9ccc%10c(c9)c9ccccc9n%10-c9cccc(-c%10cccc(-c%11ccccc%11)c%10)c9)cc8c7c6)ccc54)c3)c2)cc1. The summed E-state index contributed by atoms with van der Waals surface area (Å²) in [5.74, 6) is 0. The molecule has 3 aromatic heterocycles. The molecular formula is C72H46N2O. The molecule has 0 aliphatic heterocycles. The van der Waals surface area contributed by atoms with Crippen LogP contribution in [0, 0.1) is 0 Å². The molecule has 12 aromatic carbocycles. The van der Waals surface area contributed by atoms with Crippen LogP contribution in [0.5, 0.6) is 0 Å². The first kappa shape index (κ1) is 42.7. The fourth-order valence-corrected chi connectivity index (χ4v) is 11.7. The first-order chi connectivity index (χ1) is 37.1. The molecule has 3 nitrogen and oxygen atoms in total. The maximum Gasteiger partial charge on any atom is 0.135 e. The molecule has 75 heavy (non-hydrogen) atoms. The molecule has 0 amide bonds. The molecule has 3 heterocycles. The molecule has 0 saturated carbocycles. The van der Waals surface area contributed by atoms with E-state index in [1.54, 1.807) is 0 Å². The molecule has 3 heteroatoms. The number of hydrogen-bond acceptors (Lipinski definition) is 1. The molecule has 0 saturated heterocycles. The van der Waals surface area contributed by atoms with Gasteiger partial charge < -0.3 is 13.6 Å². The highest BCUT2D eigenvalue weighted by atomic mass is 16.3. The van der Waals surface area contributed by atoms with Crippen LogP contribution in [-0.2, 0) is 0 Å². The van der Waals surface area contributed by atoms with E-state index in [0.29, 0.717) is 0 Å². The molecule has 0 unspecified atom stereocenters. The molecule has 15 aromatic rings. The van der Waals surface area contributed by atoms with Gasteiger partial charge in [-0.2, -0.15) is 0 Å². The monoisotopic (exact) mass is 954 g/mol. The van der Waals surface area contributed by atoms with Crippen molar-refractivity contribution in [3.05, 3.63) is 279 Å². The Kier molecular flexibility index (Phi) is 9.89. The van der Waals surface area contributed by atoms with E-state index in [4.69, 9.17) is 4.42 Å².